The van der Waals surface area contributed by atoms with Crippen molar-refractivity contribution in [3.8, 4) is 0 Å². The first-order chi connectivity index (χ1) is 8.30. The molecule has 0 saturated carbocycles. The topological polar surface area (TPSA) is 56.0 Å². The van der Waals surface area contributed by atoms with Crippen molar-refractivity contribution < 1.29 is 4.79 Å². The lowest BCUT2D eigenvalue weighted by Gasteiger charge is -2.21. The molecule has 2 rings (SSSR count). The zero-order valence-electron chi connectivity index (χ0n) is 11.2. The van der Waals surface area contributed by atoms with E-state index in [0.29, 0.717) is 5.56 Å². The van der Waals surface area contributed by atoms with E-state index in [0.717, 1.165) is 16.5 Å². The number of aryl methyl sites for hydroxylation is 1. The smallest absolute Gasteiger partial charge is 0.248 e. The van der Waals surface area contributed by atoms with Gasteiger partial charge in [0.1, 0.15) is 0 Å². The van der Waals surface area contributed by atoms with Gasteiger partial charge < -0.3 is 5.73 Å². The fourth-order valence-corrected chi connectivity index (χ4v) is 2.22. The van der Waals surface area contributed by atoms with Crippen LogP contribution in [0.2, 0.25) is 0 Å². The fraction of sp³-hybridized carbons (Fsp3) is 0.333. The third-order valence-electron chi connectivity index (χ3n) is 3.16. The van der Waals surface area contributed by atoms with Crippen molar-refractivity contribution in [2.24, 2.45) is 5.73 Å². The summed E-state index contributed by atoms with van der Waals surface area (Å²) >= 11 is 0. The molecule has 94 valence electrons. The molecule has 0 aliphatic heterocycles. The highest BCUT2D eigenvalue weighted by molar-refractivity contribution is 5.99. The summed E-state index contributed by atoms with van der Waals surface area (Å²) in [5, 5.41) is 1.00. The highest BCUT2D eigenvalue weighted by atomic mass is 16.1. The van der Waals surface area contributed by atoms with Crippen LogP contribution in [0.5, 0.6) is 0 Å². The van der Waals surface area contributed by atoms with Crippen LogP contribution in [0.3, 0.4) is 0 Å². The molecular weight excluding hydrogens is 224 g/mol. The maximum atomic E-state index is 11.4. The summed E-state index contributed by atoms with van der Waals surface area (Å²) in [7, 11) is 0. The highest BCUT2D eigenvalue weighted by Gasteiger charge is 2.18. The number of amides is 1. The van der Waals surface area contributed by atoms with Crippen molar-refractivity contribution in [3.05, 3.63) is 41.1 Å². The standard InChI is InChI=1S/C15H18N2O/c1-9-7-13-11(8-10(9)14(16)18)12(5-6-17-13)15(2,3)4/h5-8H,1-4H3,(H2,16,18). The molecule has 18 heavy (non-hydrogen) atoms. The molecule has 0 fully saturated rings. The normalized spacial score (nSPS) is 11.8. The second-order valence-electron chi connectivity index (χ2n) is 5.66. The van der Waals surface area contributed by atoms with Crippen molar-refractivity contribution >= 4 is 16.8 Å². The number of primary amides is 1. The summed E-state index contributed by atoms with van der Waals surface area (Å²) in [4.78, 5) is 15.8. The Morgan fingerprint density at radius 3 is 2.50 bits per heavy atom. The minimum absolute atomic E-state index is 0.00532. The number of hydrogen-bond donors (Lipinski definition) is 1. The first kappa shape index (κ1) is 12.6. The molecular formula is C15H18N2O. The average Bonchev–Trinajstić information content (AvgIpc) is 2.25. The molecule has 0 unspecified atom stereocenters. The first-order valence-electron chi connectivity index (χ1n) is 6.00. The Labute approximate surface area is 107 Å². The van der Waals surface area contributed by atoms with E-state index in [2.05, 4.69) is 25.8 Å². The second-order valence-corrected chi connectivity index (χ2v) is 5.66. The van der Waals surface area contributed by atoms with Crippen molar-refractivity contribution in [1.29, 1.82) is 0 Å². The fourth-order valence-electron chi connectivity index (χ4n) is 2.22. The van der Waals surface area contributed by atoms with Gasteiger partial charge in [0, 0.05) is 17.1 Å². The van der Waals surface area contributed by atoms with E-state index in [1.165, 1.54) is 5.56 Å². The molecule has 0 radical (unpaired) electrons. The summed E-state index contributed by atoms with van der Waals surface area (Å²) in [6, 6.07) is 5.79. The lowest BCUT2D eigenvalue weighted by molar-refractivity contribution is 0.1000. The minimum Gasteiger partial charge on any atom is -0.366 e. The van der Waals surface area contributed by atoms with Crippen LogP contribution in [0.4, 0.5) is 0 Å². The summed E-state index contributed by atoms with van der Waals surface area (Å²) in [5.41, 5.74) is 8.93. The molecule has 0 spiro atoms. The van der Waals surface area contributed by atoms with Crippen LogP contribution in [0.25, 0.3) is 10.9 Å². The number of pyridine rings is 1. The number of fused-ring (bicyclic) bond motifs is 1. The third kappa shape index (κ3) is 2.08. The van der Waals surface area contributed by atoms with E-state index < -0.39 is 5.91 Å². The molecule has 0 saturated heterocycles. The van der Waals surface area contributed by atoms with Gasteiger partial charge in [-0.2, -0.15) is 0 Å². The van der Waals surface area contributed by atoms with Gasteiger partial charge in [0.2, 0.25) is 5.91 Å². The number of nitrogens with two attached hydrogens (primary N) is 1. The zero-order chi connectivity index (χ0) is 13.5. The molecule has 1 aromatic carbocycles. The quantitative estimate of drug-likeness (QED) is 0.835. The van der Waals surface area contributed by atoms with Crippen LogP contribution >= 0.6 is 0 Å². The van der Waals surface area contributed by atoms with Gasteiger partial charge in [0.15, 0.2) is 0 Å². The van der Waals surface area contributed by atoms with Crippen LogP contribution < -0.4 is 5.73 Å². The Morgan fingerprint density at radius 1 is 1.28 bits per heavy atom. The number of aromatic nitrogens is 1. The average molecular weight is 242 g/mol. The van der Waals surface area contributed by atoms with E-state index in [-0.39, 0.29) is 5.41 Å². The molecule has 1 amide bonds. The van der Waals surface area contributed by atoms with Crippen molar-refractivity contribution in [2.75, 3.05) is 0 Å². The van der Waals surface area contributed by atoms with Crippen molar-refractivity contribution in [1.82, 2.24) is 4.98 Å². The Hall–Kier alpha value is -1.90. The van der Waals surface area contributed by atoms with E-state index >= 15 is 0 Å². The lowest BCUT2D eigenvalue weighted by atomic mass is 9.84. The van der Waals surface area contributed by atoms with Crippen LogP contribution in [-0.4, -0.2) is 10.9 Å². The number of hydrogen-bond acceptors (Lipinski definition) is 2. The Bertz CT molecular complexity index is 624. The molecule has 0 bridgehead atoms. The lowest BCUT2D eigenvalue weighted by Crippen LogP contribution is -2.15. The van der Waals surface area contributed by atoms with Crippen LogP contribution in [0, 0.1) is 6.92 Å². The largest absolute Gasteiger partial charge is 0.366 e. The van der Waals surface area contributed by atoms with Gasteiger partial charge in [-0.25, -0.2) is 0 Å². The molecule has 0 atom stereocenters. The molecule has 0 aliphatic rings. The van der Waals surface area contributed by atoms with Gasteiger partial charge in [-0.05, 0) is 41.7 Å². The minimum atomic E-state index is -0.391. The number of rotatable bonds is 1. The molecule has 2 aromatic rings. The van der Waals surface area contributed by atoms with E-state index in [1.54, 1.807) is 0 Å². The maximum absolute atomic E-state index is 11.4. The summed E-state index contributed by atoms with van der Waals surface area (Å²) in [6.45, 7) is 8.31. The maximum Gasteiger partial charge on any atom is 0.248 e. The zero-order valence-corrected chi connectivity index (χ0v) is 11.2. The van der Waals surface area contributed by atoms with Gasteiger partial charge in [-0.15, -0.1) is 0 Å². The van der Waals surface area contributed by atoms with Gasteiger partial charge in [-0.3, -0.25) is 9.78 Å². The Morgan fingerprint density at radius 2 is 1.94 bits per heavy atom. The van der Waals surface area contributed by atoms with Crippen LogP contribution in [0.15, 0.2) is 24.4 Å². The number of nitrogens with zero attached hydrogens (tertiary/aromatic N) is 1. The molecule has 3 heteroatoms. The number of carbonyl (C=O) groups excluding carboxylic acids is 1. The molecule has 1 aromatic heterocycles. The van der Waals surface area contributed by atoms with E-state index in [9.17, 15) is 4.79 Å². The van der Waals surface area contributed by atoms with E-state index in [1.807, 2.05) is 31.3 Å². The number of benzene rings is 1. The van der Waals surface area contributed by atoms with Gasteiger partial charge >= 0.3 is 0 Å². The highest BCUT2D eigenvalue weighted by Crippen LogP contribution is 2.30. The summed E-state index contributed by atoms with van der Waals surface area (Å²) in [5.74, 6) is -0.391. The van der Waals surface area contributed by atoms with Gasteiger partial charge in [0.25, 0.3) is 0 Å². The molecule has 3 nitrogen and oxygen atoms in total. The van der Waals surface area contributed by atoms with Gasteiger partial charge in [0.05, 0.1) is 5.52 Å². The third-order valence-corrected chi connectivity index (χ3v) is 3.16. The summed E-state index contributed by atoms with van der Waals surface area (Å²) < 4.78 is 0. The monoisotopic (exact) mass is 242 g/mol. The summed E-state index contributed by atoms with van der Waals surface area (Å²) in [6.07, 6.45) is 1.81. The molecule has 2 N–H and O–H groups in total. The molecule has 1 heterocycles. The number of carbonyl (C=O) groups is 1. The Kier molecular flexibility index (Phi) is 2.85. The van der Waals surface area contributed by atoms with Crippen LogP contribution in [-0.2, 0) is 5.41 Å². The predicted molar refractivity (Wildman–Crippen MR) is 73.7 cm³/mol. The Balaban J connectivity index is 2.84. The van der Waals surface area contributed by atoms with Crippen molar-refractivity contribution in [2.45, 2.75) is 33.1 Å². The molecule has 0 aliphatic carbocycles. The SMILES string of the molecule is Cc1cc2nccc(C(C)(C)C)c2cc1C(N)=O. The van der Waals surface area contributed by atoms with Gasteiger partial charge in [-0.1, -0.05) is 20.8 Å². The predicted octanol–water partition coefficient (Wildman–Crippen LogP) is 2.94. The second kappa shape index (κ2) is 4.09. The van der Waals surface area contributed by atoms with Crippen LogP contribution in [0.1, 0.15) is 42.3 Å². The van der Waals surface area contributed by atoms with Crippen molar-refractivity contribution in [3.63, 3.8) is 0 Å². The first-order valence-corrected chi connectivity index (χ1v) is 6.00. The van der Waals surface area contributed by atoms with E-state index in [4.69, 9.17) is 5.73 Å².